The molecule has 22 heavy (non-hydrogen) atoms. The fraction of sp³-hybridized carbons (Fsp3) is 0.375. The van der Waals surface area contributed by atoms with Crippen LogP contribution < -0.4 is 5.32 Å². The minimum Gasteiger partial charge on any atom is -0.469 e. The van der Waals surface area contributed by atoms with Gasteiger partial charge in [0.2, 0.25) is 0 Å². The topological polar surface area (TPSA) is 81.2 Å². The highest BCUT2D eigenvalue weighted by molar-refractivity contribution is 5.97. The molecule has 0 aliphatic rings. The Balaban J connectivity index is 2.18. The van der Waals surface area contributed by atoms with Crippen molar-refractivity contribution >= 4 is 22.9 Å². The number of aromatic nitrogens is 2. The second-order valence-corrected chi connectivity index (χ2v) is 5.25. The van der Waals surface area contributed by atoms with Crippen molar-refractivity contribution in [3.63, 3.8) is 0 Å². The molecule has 1 N–H and O–H groups in total. The average Bonchev–Trinajstić information content (AvgIpc) is 2.47. The summed E-state index contributed by atoms with van der Waals surface area (Å²) < 4.78 is 4.58. The molecule has 0 saturated carbocycles. The van der Waals surface area contributed by atoms with Gasteiger partial charge >= 0.3 is 5.97 Å². The van der Waals surface area contributed by atoms with Gasteiger partial charge in [-0.25, -0.2) is 9.97 Å². The number of hydrogen-bond acceptors (Lipinski definition) is 5. The summed E-state index contributed by atoms with van der Waals surface area (Å²) in [5, 5.41) is 2.76. The van der Waals surface area contributed by atoms with Gasteiger partial charge in [-0.15, -0.1) is 0 Å². The molecule has 0 saturated heterocycles. The highest BCUT2D eigenvalue weighted by Crippen LogP contribution is 2.14. The van der Waals surface area contributed by atoms with E-state index in [1.165, 1.54) is 7.11 Å². The van der Waals surface area contributed by atoms with Crippen molar-refractivity contribution in [1.29, 1.82) is 0 Å². The van der Waals surface area contributed by atoms with E-state index in [-0.39, 0.29) is 24.3 Å². The minimum absolute atomic E-state index is 0.133. The van der Waals surface area contributed by atoms with Crippen LogP contribution in [0.15, 0.2) is 18.2 Å². The van der Waals surface area contributed by atoms with E-state index in [1.807, 2.05) is 13.8 Å². The summed E-state index contributed by atoms with van der Waals surface area (Å²) in [6, 6.07) is 4.87. The number of ether oxygens (including phenoxy) is 1. The maximum absolute atomic E-state index is 12.2. The number of nitrogens with zero attached hydrogens (tertiary/aromatic N) is 2. The number of hydrogen-bond donors (Lipinski definition) is 1. The highest BCUT2D eigenvalue weighted by atomic mass is 16.5. The molecule has 6 heteroatoms. The molecule has 0 spiro atoms. The number of benzene rings is 1. The molecule has 1 heterocycles. The van der Waals surface area contributed by atoms with Crippen LogP contribution in [0.1, 0.15) is 35.1 Å². The fourth-order valence-electron chi connectivity index (χ4n) is 2.06. The summed E-state index contributed by atoms with van der Waals surface area (Å²) >= 11 is 0. The minimum atomic E-state index is -0.358. The van der Waals surface area contributed by atoms with Crippen LogP contribution in [0.4, 0.5) is 0 Å². The number of carbonyl (C=O) groups is 2. The predicted octanol–water partition coefficient (Wildman–Crippen LogP) is 1.93. The standard InChI is InChI=1S/C16H19N3O3/c1-9(7-15(20)22-4)17-16(21)12-5-6-13-14(8-12)19-11(3)10(2)18-13/h5-6,8-9H,7H2,1-4H3,(H,17,21). The molecule has 1 aromatic heterocycles. The zero-order chi connectivity index (χ0) is 16.3. The maximum Gasteiger partial charge on any atom is 0.307 e. The molecular weight excluding hydrogens is 282 g/mol. The molecule has 0 fully saturated rings. The van der Waals surface area contributed by atoms with E-state index < -0.39 is 0 Å². The third-order valence-electron chi connectivity index (χ3n) is 3.42. The second kappa shape index (κ2) is 6.51. The van der Waals surface area contributed by atoms with E-state index in [2.05, 4.69) is 20.0 Å². The summed E-state index contributed by atoms with van der Waals surface area (Å²) in [6.07, 6.45) is 0.133. The molecule has 0 aliphatic carbocycles. The first-order valence-electron chi connectivity index (χ1n) is 7.03. The highest BCUT2D eigenvalue weighted by Gasteiger charge is 2.14. The van der Waals surface area contributed by atoms with E-state index in [0.29, 0.717) is 11.1 Å². The van der Waals surface area contributed by atoms with Crippen molar-refractivity contribution < 1.29 is 14.3 Å². The summed E-state index contributed by atoms with van der Waals surface area (Å²) in [4.78, 5) is 32.3. The first-order chi connectivity index (χ1) is 10.4. The van der Waals surface area contributed by atoms with E-state index in [9.17, 15) is 9.59 Å². The monoisotopic (exact) mass is 301 g/mol. The Morgan fingerprint density at radius 1 is 1.18 bits per heavy atom. The van der Waals surface area contributed by atoms with Crippen molar-refractivity contribution in [2.45, 2.75) is 33.2 Å². The lowest BCUT2D eigenvalue weighted by atomic mass is 10.1. The van der Waals surface area contributed by atoms with Gasteiger partial charge in [0.15, 0.2) is 0 Å². The smallest absolute Gasteiger partial charge is 0.307 e. The molecule has 116 valence electrons. The SMILES string of the molecule is COC(=O)CC(C)NC(=O)c1ccc2nc(C)c(C)nc2c1. The van der Waals surface area contributed by atoms with E-state index in [4.69, 9.17) is 0 Å². The van der Waals surface area contributed by atoms with Gasteiger partial charge in [-0.1, -0.05) is 0 Å². The van der Waals surface area contributed by atoms with Gasteiger partial charge in [-0.3, -0.25) is 9.59 Å². The lowest BCUT2D eigenvalue weighted by Gasteiger charge is -2.13. The second-order valence-electron chi connectivity index (χ2n) is 5.25. The van der Waals surface area contributed by atoms with Gasteiger partial charge in [0.05, 0.1) is 36.0 Å². The first kappa shape index (κ1) is 15.9. The molecule has 1 unspecified atom stereocenters. The molecule has 0 bridgehead atoms. The summed E-state index contributed by atoms with van der Waals surface area (Å²) in [5.41, 5.74) is 3.63. The molecule has 1 atom stereocenters. The molecule has 2 rings (SSSR count). The predicted molar refractivity (Wildman–Crippen MR) is 82.6 cm³/mol. The van der Waals surface area contributed by atoms with Gasteiger partial charge in [0, 0.05) is 11.6 Å². The van der Waals surface area contributed by atoms with Crippen LogP contribution in [0.3, 0.4) is 0 Å². The molecule has 1 amide bonds. The van der Waals surface area contributed by atoms with Gasteiger partial charge < -0.3 is 10.1 Å². The summed E-state index contributed by atoms with van der Waals surface area (Å²) in [6.45, 7) is 5.53. The van der Waals surface area contributed by atoms with Crippen molar-refractivity contribution in [3.05, 3.63) is 35.2 Å². The van der Waals surface area contributed by atoms with E-state index in [1.54, 1.807) is 25.1 Å². The maximum atomic E-state index is 12.2. The number of amides is 1. The molecule has 1 aromatic carbocycles. The summed E-state index contributed by atoms with van der Waals surface area (Å²) in [5.74, 6) is -0.610. The third kappa shape index (κ3) is 3.58. The number of esters is 1. The Bertz CT molecular complexity index is 728. The van der Waals surface area contributed by atoms with Crippen molar-refractivity contribution in [1.82, 2.24) is 15.3 Å². The quantitative estimate of drug-likeness (QED) is 0.873. The average molecular weight is 301 g/mol. The first-order valence-corrected chi connectivity index (χ1v) is 7.03. The Labute approximate surface area is 128 Å². The van der Waals surface area contributed by atoms with Crippen molar-refractivity contribution in [3.8, 4) is 0 Å². The lowest BCUT2D eigenvalue weighted by molar-refractivity contribution is -0.141. The number of aryl methyl sites for hydroxylation is 2. The normalized spacial score (nSPS) is 12.0. The molecule has 6 nitrogen and oxygen atoms in total. The largest absolute Gasteiger partial charge is 0.469 e. The van der Waals surface area contributed by atoms with Crippen molar-refractivity contribution in [2.24, 2.45) is 0 Å². The van der Waals surface area contributed by atoms with E-state index in [0.717, 1.165) is 16.9 Å². The van der Waals surface area contributed by atoms with E-state index >= 15 is 0 Å². The van der Waals surface area contributed by atoms with Crippen LogP contribution >= 0.6 is 0 Å². The Morgan fingerprint density at radius 2 is 1.82 bits per heavy atom. The van der Waals surface area contributed by atoms with Crippen molar-refractivity contribution in [2.75, 3.05) is 7.11 Å². The Morgan fingerprint density at radius 3 is 2.45 bits per heavy atom. The van der Waals surface area contributed by atoms with Crippen LogP contribution in [0, 0.1) is 13.8 Å². The third-order valence-corrected chi connectivity index (χ3v) is 3.42. The molecule has 0 radical (unpaired) electrons. The van der Waals surface area contributed by atoms with Crippen LogP contribution in [-0.2, 0) is 9.53 Å². The van der Waals surface area contributed by atoms with Crippen LogP contribution in [-0.4, -0.2) is 35.0 Å². The van der Waals surface area contributed by atoms with Crippen LogP contribution in [0.2, 0.25) is 0 Å². The number of fused-ring (bicyclic) bond motifs is 1. The van der Waals surface area contributed by atoms with Gasteiger partial charge in [-0.2, -0.15) is 0 Å². The van der Waals surface area contributed by atoms with Gasteiger partial charge in [-0.05, 0) is 39.0 Å². The number of nitrogens with one attached hydrogen (secondary N) is 1. The Kier molecular flexibility index (Phi) is 4.70. The zero-order valence-electron chi connectivity index (χ0n) is 13.1. The molecular formula is C16H19N3O3. The summed E-state index contributed by atoms with van der Waals surface area (Å²) in [7, 11) is 1.32. The molecule has 0 aliphatic heterocycles. The van der Waals surface area contributed by atoms with Gasteiger partial charge in [0.25, 0.3) is 5.91 Å². The van der Waals surface area contributed by atoms with Crippen LogP contribution in [0.5, 0.6) is 0 Å². The van der Waals surface area contributed by atoms with Gasteiger partial charge in [0.1, 0.15) is 0 Å². The van der Waals surface area contributed by atoms with Crippen LogP contribution in [0.25, 0.3) is 11.0 Å². The number of carbonyl (C=O) groups excluding carboxylic acids is 2. The fourth-order valence-corrected chi connectivity index (χ4v) is 2.06. The zero-order valence-corrected chi connectivity index (χ0v) is 13.1. The molecule has 2 aromatic rings. The Hall–Kier alpha value is -2.50. The number of rotatable bonds is 4. The number of methoxy groups -OCH3 is 1. The lowest BCUT2D eigenvalue weighted by Crippen LogP contribution is -2.34.